The Balaban J connectivity index is 2.17. The first kappa shape index (κ1) is 8.79. The highest BCUT2D eigenvalue weighted by Gasteiger charge is 2.09. The van der Waals surface area contributed by atoms with Crippen LogP contribution in [0.5, 0.6) is 0 Å². The molecule has 2 rings (SSSR count). The number of rotatable bonds is 1. The maximum Gasteiger partial charge on any atom is 0.103 e. The summed E-state index contributed by atoms with van der Waals surface area (Å²) in [5.74, 6) is 0. The SMILES string of the molecule is N#Cc1ccc(C2NC=CCN2)cc1. The molecule has 1 aliphatic heterocycles. The average molecular weight is 185 g/mol. The summed E-state index contributed by atoms with van der Waals surface area (Å²) < 4.78 is 0. The van der Waals surface area contributed by atoms with Gasteiger partial charge in [-0.05, 0) is 23.9 Å². The predicted octanol–water partition coefficient (Wildman–Crippen LogP) is 1.26. The summed E-state index contributed by atoms with van der Waals surface area (Å²) >= 11 is 0. The average Bonchev–Trinajstić information content (AvgIpc) is 2.30. The fourth-order valence-electron chi connectivity index (χ4n) is 1.43. The van der Waals surface area contributed by atoms with Crippen LogP contribution in [0.3, 0.4) is 0 Å². The Labute approximate surface area is 83.1 Å². The molecule has 0 aliphatic carbocycles. The number of hydrogen-bond acceptors (Lipinski definition) is 3. The van der Waals surface area contributed by atoms with E-state index in [4.69, 9.17) is 5.26 Å². The van der Waals surface area contributed by atoms with E-state index in [0.29, 0.717) is 5.56 Å². The Morgan fingerprint density at radius 1 is 1.29 bits per heavy atom. The minimum absolute atomic E-state index is 0.160. The van der Waals surface area contributed by atoms with E-state index in [-0.39, 0.29) is 6.17 Å². The van der Waals surface area contributed by atoms with Gasteiger partial charge in [0.25, 0.3) is 0 Å². The van der Waals surface area contributed by atoms with Gasteiger partial charge in [0, 0.05) is 6.54 Å². The van der Waals surface area contributed by atoms with E-state index in [1.807, 2.05) is 36.5 Å². The molecule has 0 saturated heterocycles. The van der Waals surface area contributed by atoms with Gasteiger partial charge in [0.2, 0.25) is 0 Å². The number of benzene rings is 1. The van der Waals surface area contributed by atoms with Gasteiger partial charge in [-0.2, -0.15) is 5.26 Å². The molecule has 3 heteroatoms. The third kappa shape index (κ3) is 1.76. The van der Waals surface area contributed by atoms with Crippen molar-refractivity contribution in [1.82, 2.24) is 10.6 Å². The minimum Gasteiger partial charge on any atom is -0.372 e. The molecule has 2 N–H and O–H groups in total. The van der Waals surface area contributed by atoms with Gasteiger partial charge in [-0.1, -0.05) is 18.2 Å². The topological polar surface area (TPSA) is 47.9 Å². The zero-order valence-corrected chi connectivity index (χ0v) is 7.70. The van der Waals surface area contributed by atoms with Crippen LogP contribution in [0, 0.1) is 11.3 Å². The predicted molar refractivity (Wildman–Crippen MR) is 54.2 cm³/mol. The van der Waals surface area contributed by atoms with Crippen LogP contribution in [0.1, 0.15) is 17.3 Å². The van der Waals surface area contributed by atoms with Crippen LogP contribution in [0.4, 0.5) is 0 Å². The summed E-state index contributed by atoms with van der Waals surface area (Å²) in [6.07, 6.45) is 4.13. The molecule has 1 atom stereocenters. The highest BCUT2D eigenvalue weighted by Crippen LogP contribution is 2.12. The maximum absolute atomic E-state index is 8.65. The van der Waals surface area contributed by atoms with E-state index < -0.39 is 0 Å². The summed E-state index contributed by atoms with van der Waals surface area (Å²) in [6, 6.07) is 9.68. The van der Waals surface area contributed by atoms with Crippen molar-refractivity contribution in [3.05, 3.63) is 47.7 Å². The quantitative estimate of drug-likeness (QED) is 0.692. The van der Waals surface area contributed by atoms with Crippen LogP contribution in [-0.4, -0.2) is 6.54 Å². The van der Waals surface area contributed by atoms with E-state index in [1.165, 1.54) is 0 Å². The van der Waals surface area contributed by atoms with Gasteiger partial charge in [0.1, 0.15) is 6.17 Å². The van der Waals surface area contributed by atoms with Crippen LogP contribution < -0.4 is 10.6 Å². The molecule has 1 aromatic rings. The number of nitrogens with zero attached hydrogens (tertiary/aromatic N) is 1. The smallest absolute Gasteiger partial charge is 0.103 e. The molecule has 0 amide bonds. The zero-order valence-electron chi connectivity index (χ0n) is 7.70. The van der Waals surface area contributed by atoms with Crippen molar-refractivity contribution in [2.45, 2.75) is 6.17 Å². The molecule has 0 aromatic heterocycles. The third-order valence-electron chi connectivity index (χ3n) is 2.19. The maximum atomic E-state index is 8.65. The van der Waals surface area contributed by atoms with Crippen LogP contribution in [0.2, 0.25) is 0 Å². The number of nitriles is 1. The van der Waals surface area contributed by atoms with E-state index in [2.05, 4.69) is 16.7 Å². The molecule has 1 heterocycles. The van der Waals surface area contributed by atoms with Gasteiger partial charge in [-0.25, -0.2) is 0 Å². The second-order valence-corrected chi connectivity index (χ2v) is 3.14. The summed E-state index contributed by atoms with van der Waals surface area (Å²) in [5, 5.41) is 15.1. The van der Waals surface area contributed by atoms with Gasteiger partial charge < -0.3 is 5.32 Å². The fraction of sp³-hybridized carbons (Fsp3) is 0.182. The molecule has 3 nitrogen and oxygen atoms in total. The molecule has 1 aromatic carbocycles. The lowest BCUT2D eigenvalue weighted by atomic mass is 10.1. The molecule has 14 heavy (non-hydrogen) atoms. The van der Waals surface area contributed by atoms with Gasteiger partial charge in [-0.3, -0.25) is 5.32 Å². The standard InChI is InChI=1S/C11H11N3/c12-8-9-2-4-10(5-3-9)11-13-6-1-7-14-11/h1-6,11,13-14H,7H2. The van der Waals surface area contributed by atoms with Crippen molar-refractivity contribution in [2.75, 3.05) is 6.54 Å². The number of hydrogen-bond donors (Lipinski definition) is 2. The Kier molecular flexibility index (Phi) is 2.48. The highest BCUT2D eigenvalue weighted by atomic mass is 15.1. The lowest BCUT2D eigenvalue weighted by Crippen LogP contribution is -2.34. The lowest BCUT2D eigenvalue weighted by Gasteiger charge is -2.22. The summed E-state index contributed by atoms with van der Waals surface area (Å²) in [7, 11) is 0. The van der Waals surface area contributed by atoms with Crippen molar-refractivity contribution in [3.63, 3.8) is 0 Å². The molecule has 0 saturated carbocycles. The second-order valence-electron chi connectivity index (χ2n) is 3.14. The first-order valence-electron chi connectivity index (χ1n) is 4.54. The van der Waals surface area contributed by atoms with Crippen LogP contribution in [0.15, 0.2) is 36.5 Å². The largest absolute Gasteiger partial charge is 0.372 e. The van der Waals surface area contributed by atoms with Crippen molar-refractivity contribution in [2.24, 2.45) is 0 Å². The highest BCUT2D eigenvalue weighted by molar-refractivity contribution is 5.33. The van der Waals surface area contributed by atoms with E-state index in [0.717, 1.165) is 12.1 Å². The normalized spacial score (nSPS) is 19.8. The summed E-state index contributed by atoms with van der Waals surface area (Å²) in [5.41, 5.74) is 1.84. The van der Waals surface area contributed by atoms with Gasteiger partial charge >= 0.3 is 0 Å². The minimum atomic E-state index is 0.160. The molecule has 0 bridgehead atoms. The number of nitrogens with one attached hydrogen (secondary N) is 2. The van der Waals surface area contributed by atoms with Gasteiger partial charge in [0.15, 0.2) is 0 Å². The Morgan fingerprint density at radius 2 is 2.07 bits per heavy atom. The molecule has 0 spiro atoms. The molecule has 70 valence electrons. The van der Waals surface area contributed by atoms with Gasteiger partial charge in [-0.15, -0.1) is 0 Å². The molecule has 1 aliphatic rings. The molecule has 1 unspecified atom stereocenters. The van der Waals surface area contributed by atoms with E-state index in [9.17, 15) is 0 Å². The molecule has 0 fully saturated rings. The monoisotopic (exact) mass is 185 g/mol. The van der Waals surface area contributed by atoms with Crippen molar-refractivity contribution >= 4 is 0 Å². The van der Waals surface area contributed by atoms with Crippen LogP contribution in [0.25, 0.3) is 0 Å². The van der Waals surface area contributed by atoms with Crippen LogP contribution in [-0.2, 0) is 0 Å². The Morgan fingerprint density at radius 3 is 2.64 bits per heavy atom. The van der Waals surface area contributed by atoms with Gasteiger partial charge in [0.05, 0.1) is 11.6 Å². The zero-order chi connectivity index (χ0) is 9.80. The van der Waals surface area contributed by atoms with E-state index >= 15 is 0 Å². The third-order valence-corrected chi connectivity index (χ3v) is 2.19. The molecular weight excluding hydrogens is 174 g/mol. The fourth-order valence-corrected chi connectivity index (χ4v) is 1.43. The Hall–Kier alpha value is -1.79. The van der Waals surface area contributed by atoms with Crippen molar-refractivity contribution in [1.29, 1.82) is 5.26 Å². The molecule has 0 radical (unpaired) electrons. The summed E-state index contributed by atoms with van der Waals surface area (Å²) in [6.45, 7) is 0.873. The van der Waals surface area contributed by atoms with E-state index in [1.54, 1.807) is 0 Å². The van der Waals surface area contributed by atoms with Crippen LogP contribution >= 0.6 is 0 Å². The Bertz CT molecular complexity index is 373. The second kappa shape index (κ2) is 3.95. The first-order valence-corrected chi connectivity index (χ1v) is 4.54. The van der Waals surface area contributed by atoms with Crippen molar-refractivity contribution < 1.29 is 0 Å². The molecular formula is C11H11N3. The summed E-state index contributed by atoms with van der Waals surface area (Å²) in [4.78, 5) is 0. The van der Waals surface area contributed by atoms with Crippen molar-refractivity contribution in [3.8, 4) is 6.07 Å². The lowest BCUT2D eigenvalue weighted by molar-refractivity contribution is 0.498. The first-order chi connectivity index (χ1) is 6.90.